The monoisotopic (exact) mass is 242 g/mol. The molecular weight excluding hydrogens is 228 g/mol. The second kappa shape index (κ2) is 4.25. The maximum absolute atomic E-state index is 12.0. The van der Waals surface area contributed by atoms with Gasteiger partial charge in [-0.3, -0.25) is 14.3 Å². The zero-order chi connectivity index (χ0) is 12.5. The van der Waals surface area contributed by atoms with Gasteiger partial charge in [0.1, 0.15) is 0 Å². The molecule has 2 aromatic heterocycles. The van der Waals surface area contributed by atoms with Crippen LogP contribution >= 0.6 is 0 Å². The second-order valence-corrected chi connectivity index (χ2v) is 4.52. The Hall–Kier alpha value is -2.17. The fourth-order valence-electron chi connectivity index (χ4n) is 2.12. The first-order chi connectivity index (χ1) is 8.74. The number of fused-ring (bicyclic) bond motifs is 1. The number of aromatic nitrogens is 3. The van der Waals surface area contributed by atoms with Crippen molar-refractivity contribution in [1.82, 2.24) is 14.5 Å². The fraction of sp³-hybridized carbons (Fsp3) is 0.308. The molecule has 92 valence electrons. The third-order valence-corrected chi connectivity index (χ3v) is 3.15. The number of pyridine rings is 1. The van der Waals surface area contributed by atoms with Crippen LogP contribution in [0.3, 0.4) is 0 Å². The highest BCUT2D eigenvalue weighted by atomic mass is 16.1. The largest absolute Gasteiger partial charge is 0.353 e. The van der Waals surface area contributed by atoms with Gasteiger partial charge in [-0.2, -0.15) is 0 Å². The van der Waals surface area contributed by atoms with Crippen LogP contribution in [-0.4, -0.2) is 20.6 Å². The van der Waals surface area contributed by atoms with E-state index in [-0.39, 0.29) is 5.56 Å². The van der Waals surface area contributed by atoms with Crippen LogP contribution in [0.1, 0.15) is 13.3 Å². The fourth-order valence-corrected chi connectivity index (χ4v) is 2.12. The van der Waals surface area contributed by atoms with E-state index in [1.165, 1.54) is 0 Å². The summed E-state index contributed by atoms with van der Waals surface area (Å²) >= 11 is 0. The summed E-state index contributed by atoms with van der Waals surface area (Å²) in [5.74, 6) is 0.660. The molecule has 5 nitrogen and oxygen atoms in total. The van der Waals surface area contributed by atoms with Crippen molar-refractivity contribution in [3.05, 3.63) is 40.9 Å². The number of hydrogen-bond donors (Lipinski definition) is 1. The zero-order valence-electron chi connectivity index (χ0n) is 10.1. The van der Waals surface area contributed by atoms with E-state index in [2.05, 4.69) is 22.2 Å². The summed E-state index contributed by atoms with van der Waals surface area (Å²) in [6.07, 6.45) is 4.34. The summed E-state index contributed by atoms with van der Waals surface area (Å²) in [5.41, 5.74) is 1.59. The zero-order valence-corrected chi connectivity index (χ0v) is 10.1. The third kappa shape index (κ3) is 1.88. The van der Waals surface area contributed by atoms with Crippen LogP contribution in [0.25, 0.3) is 11.3 Å². The lowest BCUT2D eigenvalue weighted by atomic mass is 10.1. The average molecular weight is 242 g/mol. The molecule has 0 aliphatic carbocycles. The van der Waals surface area contributed by atoms with Crippen LogP contribution in [0, 0.1) is 0 Å². The highest BCUT2D eigenvalue weighted by Gasteiger charge is 2.17. The van der Waals surface area contributed by atoms with E-state index < -0.39 is 0 Å². The molecule has 3 rings (SSSR count). The van der Waals surface area contributed by atoms with Crippen molar-refractivity contribution >= 4 is 5.95 Å². The first-order valence-electron chi connectivity index (χ1n) is 6.03. The van der Waals surface area contributed by atoms with E-state index in [0.717, 1.165) is 18.5 Å². The lowest BCUT2D eigenvalue weighted by Gasteiger charge is -2.24. The van der Waals surface area contributed by atoms with Crippen LogP contribution in [0.5, 0.6) is 0 Å². The predicted octanol–water partition coefficient (Wildman–Crippen LogP) is 1.51. The van der Waals surface area contributed by atoms with Gasteiger partial charge < -0.3 is 5.32 Å². The molecule has 0 amide bonds. The molecule has 1 unspecified atom stereocenters. The first-order valence-corrected chi connectivity index (χ1v) is 6.03. The van der Waals surface area contributed by atoms with Crippen LogP contribution in [0.15, 0.2) is 35.4 Å². The van der Waals surface area contributed by atoms with Crippen LogP contribution in [0.2, 0.25) is 0 Å². The molecule has 0 spiro atoms. The summed E-state index contributed by atoms with van der Waals surface area (Å²) in [6, 6.07) is 5.64. The Labute approximate surface area is 105 Å². The Morgan fingerprint density at radius 2 is 2.17 bits per heavy atom. The quantitative estimate of drug-likeness (QED) is 0.823. The summed E-state index contributed by atoms with van der Waals surface area (Å²) in [6.45, 7) is 2.82. The molecule has 0 bridgehead atoms. The van der Waals surface area contributed by atoms with Crippen molar-refractivity contribution in [3.63, 3.8) is 0 Å². The number of hydrogen-bond acceptors (Lipinski definition) is 4. The summed E-state index contributed by atoms with van der Waals surface area (Å²) in [4.78, 5) is 20.5. The van der Waals surface area contributed by atoms with Crippen LogP contribution in [-0.2, 0) is 6.54 Å². The maximum atomic E-state index is 12.0. The van der Waals surface area contributed by atoms with E-state index in [0.29, 0.717) is 17.7 Å². The Bertz CT molecular complexity index is 621. The minimum atomic E-state index is -0.00814. The maximum Gasteiger partial charge on any atom is 0.255 e. The SMILES string of the molecule is CC1CCn2c(nc(-c3ccncc3)cc2=O)N1. The van der Waals surface area contributed by atoms with E-state index in [4.69, 9.17) is 0 Å². The van der Waals surface area contributed by atoms with E-state index >= 15 is 0 Å². The smallest absolute Gasteiger partial charge is 0.255 e. The molecule has 18 heavy (non-hydrogen) atoms. The molecule has 0 radical (unpaired) electrons. The first kappa shape index (κ1) is 11.0. The van der Waals surface area contributed by atoms with Crippen molar-refractivity contribution in [2.75, 3.05) is 5.32 Å². The summed E-state index contributed by atoms with van der Waals surface area (Å²) < 4.78 is 1.69. The number of nitrogens with one attached hydrogen (secondary N) is 1. The lowest BCUT2D eigenvalue weighted by molar-refractivity contribution is 0.531. The topological polar surface area (TPSA) is 59.8 Å². The summed E-state index contributed by atoms with van der Waals surface area (Å²) in [7, 11) is 0. The highest BCUT2D eigenvalue weighted by molar-refractivity contribution is 5.59. The minimum Gasteiger partial charge on any atom is -0.353 e. The van der Waals surface area contributed by atoms with Gasteiger partial charge in [0.15, 0.2) is 0 Å². The Morgan fingerprint density at radius 1 is 1.39 bits per heavy atom. The molecule has 5 heteroatoms. The lowest BCUT2D eigenvalue weighted by Crippen LogP contribution is -2.34. The minimum absolute atomic E-state index is 0.00814. The summed E-state index contributed by atoms with van der Waals surface area (Å²) in [5, 5.41) is 3.25. The van der Waals surface area contributed by atoms with Gasteiger partial charge in [0.25, 0.3) is 5.56 Å². The van der Waals surface area contributed by atoms with Crippen molar-refractivity contribution in [1.29, 1.82) is 0 Å². The van der Waals surface area contributed by atoms with Crippen molar-refractivity contribution < 1.29 is 0 Å². The second-order valence-electron chi connectivity index (χ2n) is 4.52. The highest BCUT2D eigenvalue weighted by Crippen LogP contribution is 2.19. The van der Waals surface area contributed by atoms with Gasteiger partial charge in [-0.15, -0.1) is 0 Å². The molecule has 2 aromatic rings. The van der Waals surface area contributed by atoms with E-state index in [9.17, 15) is 4.79 Å². The van der Waals surface area contributed by atoms with Gasteiger partial charge in [-0.25, -0.2) is 4.98 Å². The number of rotatable bonds is 1. The van der Waals surface area contributed by atoms with Crippen molar-refractivity contribution in [2.45, 2.75) is 25.9 Å². The molecule has 0 saturated heterocycles. The van der Waals surface area contributed by atoms with E-state index in [1.54, 1.807) is 23.0 Å². The standard InChI is InChI=1S/C13H14N4O/c1-9-4-7-17-12(18)8-11(16-13(17)15-9)10-2-5-14-6-3-10/h2-3,5-6,8-9H,4,7H2,1H3,(H,15,16). The van der Waals surface area contributed by atoms with Crippen molar-refractivity contribution in [2.24, 2.45) is 0 Å². The predicted molar refractivity (Wildman–Crippen MR) is 69.4 cm³/mol. The van der Waals surface area contributed by atoms with Gasteiger partial charge in [-0.05, 0) is 25.5 Å². The van der Waals surface area contributed by atoms with E-state index in [1.807, 2.05) is 12.1 Å². The number of anilines is 1. The molecule has 1 N–H and O–H groups in total. The van der Waals surface area contributed by atoms with Gasteiger partial charge >= 0.3 is 0 Å². The molecule has 1 atom stereocenters. The number of nitrogens with zero attached hydrogens (tertiary/aromatic N) is 3. The van der Waals surface area contributed by atoms with Gasteiger partial charge in [-0.1, -0.05) is 0 Å². The Morgan fingerprint density at radius 3 is 2.94 bits per heavy atom. The van der Waals surface area contributed by atoms with Crippen molar-refractivity contribution in [3.8, 4) is 11.3 Å². The molecule has 0 saturated carbocycles. The molecule has 3 heterocycles. The molecule has 1 aliphatic heterocycles. The van der Waals surface area contributed by atoms with Gasteiger partial charge in [0, 0.05) is 36.6 Å². The van der Waals surface area contributed by atoms with Gasteiger partial charge in [0.2, 0.25) is 5.95 Å². The van der Waals surface area contributed by atoms with Crippen LogP contribution < -0.4 is 10.9 Å². The normalized spacial score (nSPS) is 17.9. The van der Waals surface area contributed by atoms with Gasteiger partial charge in [0.05, 0.1) is 5.69 Å². The molecule has 1 aliphatic rings. The third-order valence-electron chi connectivity index (χ3n) is 3.15. The average Bonchev–Trinajstić information content (AvgIpc) is 2.39. The molecule has 0 aromatic carbocycles. The Balaban J connectivity index is 2.12. The molecular formula is C13H14N4O. The Kier molecular flexibility index (Phi) is 2.59. The molecule has 0 fully saturated rings. The van der Waals surface area contributed by atoms with Crippen LogP contribution in [0.4, 0.5) is 5.95 Å².